The number of aromatic nitrogens is 1. The molecule has 0 amide bonds. The molecule has 8 heteroatoms. The summed E-state index contributed by atoms with van der Waals surface area (Å²) < 4.78 is 40.1. The quantitative estimate of drug-likeness (QED) is 0.921. The number of nitrogens with zero attached hydrogens (tertiary/aromatic N) is 1. The second-order valence-corrected chi connectivity index (χ2v) is 6.75. The minimum absolute atomic E-state index is 0.0430. The number of hydrogen-bond acceptors (Lipinski definition) is 4. The van der Waals surface area contributed by atoms with E-state index in [0.717, 1.165) is 6.07 Å². The molecule has 2 aromatic rings. The van der Waals surface area contributed by atoms with Crippen LogP contribution >= 0.6 is 27.3 Å². The van der Waals surface area contributed by atoms with Gasteiger partial charge < -0.3 is 0 Å². The lowest BCUT2D eigenvalue weighted by Crippen LogP contribution is -2.24. The third-order valence-electron chi connectivity index (χ3n) is 2.11. The van der Waals surface area contributed by atoms with Gasteiger partial charge in [-0.25, -0.2) is 22.5 Å². The topological polar surface area (TPSA) is 59.1 Å². The lowest BCUT2D eigenvalue weighted by molar-refractivity contribution is 0.556. The number of sulfonamides is 1. The van der Waals surface area contributed by atoms with E-state index in [0.29, 0.717) is 10.2 Å². The molecular weight excluding hydrogens is 343 g/mol. The van der Waals surface area contributed by atoms with Crippen molar-refractivity contribution < 1.29 is 12.8 Å². The van der Waals surface area contributed by atoms with Crippen molar-refractivity contribution in [3.63, 3.8) is 0 Å². The summed E-state index contributed by atoms with van der Waals surface area (Å²) in [5.41, 5.74) is 2.20. The van der Waals surface area contributed by atoms with E-state index in [1.54, 1.807) is 10.9 Å². The van der Waals surface area contributed by atoms with Crippen molar-refractivity contribution in [1.82, 2.24) is 9.71 Å². The summed E-state index contributed by atoms with van der Waals surface area (Å²) in [7, 11) is -3.86. The van der Waals surface area contributed by atoms with Crippen LogP contribution < -0.4 is 4.72 Å². The van der Waals surface area contributed by atoms with Gasteiger partial charge in [-0.1, -0.05) is 15.9 Å². The highest BCUT2D eigenvalue weighted by atomic mass is 79.9. The van der Waals surface area contributed by atoms with Crippen LogP contribution in [0.2, 0.25) is 0 Å². The minimum atomic E-state index is -3.86. The number of benzene rings is 1. The van der Waals surface area contributed by atoms with Crippen molar-refractivity contribution in [2.24, 2.45) is 0 Å². The number of thiazole rings is 1. The van der Waals surface area contributed by atoms with Gasteiger partial charge in [-0.05, 0) is 18.2 Å². The maximum absolute atomic E-state index is 13.5. The molecule has 18 heavy (non-hydrogen) atoms. The first-order valence-corrected chi connectivity index (χ1v) is 8.03. The molecule has 1 aromatic heterocycles. The van der Waals surface area contributed by atoms with E-state index in [-0.39, 0.29) is 11.4 Å². The maximum Gasteiger partial charge on any atom is 0.243 e. The van der Waals surface area contributed by atoms with Crippen LogP contribution in [0.5, 0.6) is 0 Å². The monoisotopic (exact) mass is 350 g/mol. The van der Waals surface area contributed by atoms with Gasteiger partial charge in [0.1, 0.15) is 10.7 Å². The first-order valence-electron chi connectivity index (χ1n) is 4.81. The van der Waals surface area contributed by atoms with E-state index in [9.17, 15) is 12.8 Å². The molecule has 0 spiro atoms. The standard InChI is InChI=1S/C10H8BrFN2O2S2/c11-7-1-2-10(9(12)3-7)18(15,16)14-4-8-5-17-6-13-8/h1-3,5-6,14H,4H2. The molecular formula is C10H8BrFN2O2S2. The second-order valence-electron chi connectivity index (χ2n) is 3.38. The zero-order valence-electron chi connectivity index (χ0n) is 8.93. The van der Waals surface area contributed by atoms with Crippen molar-refractivity contribution in [2.45, 2.75) is 11.4 Å². The van der Waals surface area contributed by atoms with Gasteiger partial charge in [0.25, 0.3) is 0 Å². The van der Waals surface area contributed by atoms with Crippen LogP contribution in [0.15, 0.2) is 38.5 Å². The van der Waals surface area contributed by atoms with Crippen LogP contribution in [0, 0.1) is 5.82 Å². The van der Waals surface area contributed by atoms with E-state index in [2.05, 4.69) is 25.6 Å². The van der Waals surface area contributed by atoms with Crippen LogP contribution in [-0.4, -0.2) is 13.4 Å². The van der Waals surface area contributed by atoms with Crippen molar-refractivity contribution in [3.05, 3.63) is 45.1 Å². The lowest BCUT2D eigenvalue weighted by atomic mass is 10.3. The normalized spacial score (nSPS) is 11.7. The maximum atomic E-state index is 13.5. The smallest absolute Gasteiger partial charge is 0.243 e. The van der Waals surface area contributed by atoms with Gasteiger partial charge in [0.2, 0.25) is 10.0 Å². The van der Waals surface area contributed by atoms with E-state index < -0.39 is 15.8 Å². The number of halogens is 2. The van der Waals surface area contributed by atoms with E-state index in [1.165, 1.54) is 23.5 Å². The zero-order chi connectivity index (χ0) is 13.2. The Labute approximate surface area is 116 Å². The second kappa shape index (κ2) is 5.43. The molecule has 1 aromatic carbocycles. The number of rotatable bonds is 4. The van der Waals surface area contributed by atoms with Gasteiger partial charge in [-0.2, -0.15) is 0 Å². The Morgan fingerprint density at radius 3 is 2.83 bits per heavy atom. The van der Waals surface area contributed by atoms with Crippen LogP contribution in [0.4, 0.5) is 4.39 Å². The highest BCUT2D eigenvalue weighted by Crippen LogP contribution is 2.19. The summed E-state index contributed by atoms with van der Waals surface area (Å²) in [6.07, 6.45) is 0. The molecule has 0 saturated heterocycles. The predicted molar refractivity (Wildman–Crippen MR) is 70.2 cm³/mol. The van der Waals surface area contributed by atoms with Gasteiger partial charge in [0.15, 0.2) is 0 Å². The molecule has 1 heterocycles. The Balaban J connectivity index is 2.20. The molecule has 0 aliphatic rings. The van der Waals surface area contributed by atoms with Crippen LogP contribution in [0.25, 0.3) is 0 Å². The Morgan fingerprint density at radius 1 is 1.44 bits per heavy atom. The van der Waals surface area contributed by atoms with Crippen molar-refractivity contribution in [2.75, 3.05) is 0 Å². The Kier molecular flexibility index (Phi) is 4.10. The number of nitrogens with one attached hydrogen (secondary N) is 1. The minimum Gasteiger partial charge on any atom is -0.248 e. The molecule has 96 valence electrons. The van der Waals surface area contributed by atoms with Crippen molar-refractivity contribution >= 4 is 37.3 Å². The Bertz CT molecular complexity index is 644. The molecule has 0 saturated carbocycles. The molecule has 4 nitrogen and oxygen atoms in total. The van der Waals surface area contributed by atoms with Gasteiger partial charge in [0, 0.05) is 9.85 Å². The highest BCUT2D eigenvalue weighted by Gasteiger charge is 2.18. The average Bonchev–Trinajstić information content (AvgIpc) is 2.78. The molecule has 1 N–H and O–H groups in total. The highest BCUT2D eigenvalue weighted by molar-refractivity contribution is 9.10. The van der Waals surface area contributed by atoms with Crippen molar-refractivity contribution in [1.29, 1.82) is 0 Å². The van der Waals surface area contributed by atoms with Crippen LogP contribution in [-0.2, 0) is 16.6 Å². The molecule has 0 bridgehead atoms. The van der Waals surface area contributed by atoms with Crippen LogP contribution in [0.1, 0.15) is 5.69 Å². The zero-order valence-corrected chi connectivity index (χ0v) is 12.1. The lowest BCUT2D eigenvalue weighted by Gasteiger charge is -2.06. The predicted octanol–water partition coefficient (Wildman–Crippen LogP) is 2.52. The largest absolute Gasteiger partial charge is 0.248 e. The molecule has 0 aliphatic carbocycles. The molecule has 2 rings (SSSR count). The molecule has 0 aliphatic heterocycles. The molecule has 0 fully saturated rings. The van der Waals surface area contributed by atoms with E-state index >= 15 is 0 Å². The third kappa shape index (κ3) is 3.14. The molecule has 0 radical (unpaired) electrons. The number of hydrogen-bond donors (Lipinski definition) is 1. The fourth-order valence-electron chi connectivity index (χ4n) is 1.26. The average molecular weight is 351 g/mol. The SMILES string of the molecule is O=S(=O)(NCc1cscn1)c1ccc(Br)cc1F. The van der Waals surface area contributed by atoms with Gasteiger partial charge in [-0.3, -0.25) is 0 Å². The van der Waals surface area contributed by atoms with E-state index in [1.807, 2.05) is 0 Å². The van der Waals surface area contributed by atoms with Crippen molar-refractivity contribution in [3.8, 4) is 0 Å². The third-order valence-corrected chi connectivity index (χ3v) is 4.67. The van der Waals surface area contributed by atoms with Crippen LogP contribution in [0.3, 0.4) is 0 Å². The summed E-state index contributed by atoms with van der Waals surface area (Å²) in [6.45, 7) is 0.0430. The Morgan fingerprint density at radius 2 is 2.22 bits per heavy atom. The fourth-order valence-corrected chi connectivity index (χ4v) is 3.21. The Hall–Kier alpha value is -0.830. The van der Waals surface area contributed by atoms with E-state index in [4.69, 9.17) is 0 Å². The molecule has 0 atom stereocenters. The first kappa shape index (κ1) is 13.6. The summed E-state index contributed by atoms with van der Waals surface area (Å²) in [4.78, 5) is 3.57. The summed E-state index contributed by atoms with van der Waals surface area (Å²) in [6, 6.07) is 3.79. The fraction of sp³-hybridized carbons (Fsp3) is 0.100. The summed E-state index contributed by atoms with van der Waals surface area (Å²) in [5, 5.41) is 1.72. The van der Waals surface area contributed by atoms with Gasteiger partial charge in [0.05, 0.1) is 17.7 Å². The molecule has 0 unspecified atom stereocenters. The first-order chi connectivity index (χ1) is 8.49. The summed E-state index contributed by atoms with van der Waals surface area (Å²) >= 11 is 4.43. The van der Waals surface area contributed by atoms with Gasteiger partial charge >= 0.3 is 0 Å². The summed E-state index contributed by atoms with van der Waals surface area (Å²) in [5.74, 6) is -0.796. The van der Waals surface area contributed by atoms with Gasteiger partial charge in [-0.15, -0.1) is 11.3 Å².